The van der Waals surface area contributed by atoms with Crippen molar-refractivity contribution >= 4 is 6.03 Å². The molecule has 5 nitrogen and oxygen atoms in total. The Morgan fingerprint density at radius 2 is 1.88 bits per heavy atom. The number of likely N-dealkylation sites (tertiary alicyclic amines) is 1. The molecule has 2 aliphatic heterocycles. The molecular weight excluding hydrogens is 304 g/mol. The van der Waals surface area contributed by atoms with E-state index in [9.17, 15) is 4.79 Å². The summed E-state index contributed by atoms with van der Waals surface area (Å²) >= 11 is 0. The van der Waals surface area contributed by atoms with Crippen molar-refractivity contribution in [3.8, 4) is 0 Å². The lowest BCUT2D eigenvalue weighted by Gasteiger charge is -2.37. The van der Waals surface area contributed by atoms with Gasteiger partial charge >= 0.3 is 6.03 Å². The van der Waals surface area contributed by atoms with Crippen molar-refractivity contribution in [3.05, 3.63) is 0 Å². The second-order valence-electron chi connectivity index (χ2n) is 8.64. The van der Waals surface area contributed by atoms with Crippen molar-refractivity contribution in [2.75, 3.05) is 32.9 Å². The fourth-order valence-electron chi connectivity index (χ4n) is 4.02. The Hall–Kier alpha value is -0.810. The van der Waals surface area contributed by atoms with Crippen LogP contribution in [0.5, 0.6) is 0 Å². The highest BCUT2D eigenvalue weighted by molar-refractivity contribution is 5.74. The SMILES string of the molecule is CC1(C)CCC(NC(=O)N2CCC(OCC3CCOC3)CC2)CC1. The third-order valence-corrected chi connectivity index (χ3v) is 5.99. The van der Waals surface area contributed by atoms with Crippen LogP contribution in [-0.2, 0) is 9.47 Å². The second kappa shape index (κ2) is 8.05. The number of carbonyl (C=O) groups is 1. The minimum absolute atomic E-state index is 0.127. The number of nitrogens with one attached hydrogen (secondary N) is 1. The van der Waals surface area contributed by atoms with Gasteiger partial charge in [-0.25, -0.2) is 4.79 Å². The maximum Gasteiger partial charge on any atom is 0.317 e. The Balaban J connectivity index is 1.33. The summed E-state index contributed by atoms with van der Waals surface area (Å²) in [4.78, 5) is 14.4. The van der Waals surface area contributed by atoms with E-state index in [0.29, 0.717) is 23.5 Å². The van der Waals surface area contributed by atoms with Gasteiger partial charge in [-0.2, -0.15) is 0 Å². The van der Waals surface area contributed by atoms with Crippen molar-refractivity contribution in [1.29, 1.82) is 0 Å². The van der Waals surface area contributed by atoms with Gasteiger partial charge in [0.2, 0.25) is 0 Å². The Morgan fingerprint density at radius 3 is 2.50 bits per heavy atom. The molecule has 1 aliphatic carbocycles. The maximum atomic E-state index is 12.5. The predicted molar refractivity (Wildman–Crippen MR) is 94.0 cm³/mol. The zero-order valence-corrected chi connectivity index (χ0v) is 15.4. The van der Waals surface area contributed by atoms with E-state index in [1.807, 2.05) is 4.90 Å². The van der Waals surface area contributed by atoms with Gasteiger partial charge in [0.05, 0.1) is 19.3 Å². The molecule has 2 saturated heterocycles. The van der Waals surface area contributed by atoms with Gasteiger partial charge < -0.3 is 19.7 Å². The first-order valence-electron chi connectivity index (χ1n) is 9.77. The summed E-state index contributed by atoms with van der Waals surface area (Å²) in [6.07, 6.45) is 7.99. The topological polar surface area (TPSA) is 50.8 Å². The fraction of sp³-hybridized carbons (Fsp3) is 0.947. The lowest BCUT2D eigenvalue weighted by atomic mass is 9.75. The van der Waals surface area contributed by atoms with Crippen LogP contribution in [0, 0.1) is 11.3 Å². The van der Waals surface area contributed by atoms with Crippen LogP contribution in [0.15, 0.2) is 0 Å². The molecule has 1 unspecified atom stereocenters. The predicted octanol–water partition coefficient (Wildman–Crippen LogP) is 3.18. The van der Waals surface area contributed by atoms with Crippen LogP contribution in [0.3, 0.4) is 0 Å². The minimum Gasteiger partial charge on any atom is -0.381 e. The van der Waals surface area contributed by atoms with E-state index in [0.717, 1.165) is 65.0 Å². The van der Waals surface area contributed by atoms with Crippen molar-refractivity contribution in [2.45, 2.75) is 70.9 Å². The standard InChI is InChI=1S/C19H34N2O3/c1-19(2)8-3-16(4-9-19)20-18(22)21-10-5-17(6-11-21)24-14-15-7-12-23-13-15/h15-17H,3-14H2,1-2H3,(H,20,22). The van der Waals surface area contributed by atoms with Gasteiger partial charge in [-0.05, 0) is 50.4 Å². The molecule has 138 valence electrons. The molecule has 0 radical (unpaired) electrons. The summed E-state index contributed by atoms with van der Waals surface area (Å²) in [5, 5.41) is 3.25. The van der Waals surface area contributed by atoms with Gasteiger partial charge in [0.15, 0.2) is 0 Å². The molecule has 0 aromatic rings. The normalized spacial score (nSPS) is 28.9. The lowest BCUT2D eigenvalue weighted by molar-refractivity contribution is -0.00457. The molecule has 0 bridgehead atoms. The molecule has 0 aromatic carbocycles. The molecule has 1 saturated carbocycles. The van der Waals surface area contributed by atoms with Crippen LogP contribution in [0.4, 0.5) is 4.79 Å². The van der Waals surface area contributed by atoms with Crippen molar-refractivity contribution in [1.82, 2.24) is 10.2 Å². The summed E-state index contributed by atoms with van der Waals surface area (Å²) in [7, 11) is 0. The smallest absolute Gasteiger partial charge is 0.317 e. The van der Waals surface area contributed by atoms with Crippen LogP contribution in [-0.4, -0.2) is 56.0 Å². The van der Waals surface area contributed by atoms with Crippen molar-refractivity contribution in [2.24, 2.45) is 11.3 Å². The van der Waals surface area contributed by atoms with Gasteiger partial charge in [0, 0.05) is 31.7 Å². The van der Waals surface area contributed by atoms with E-state index in [1.165, 1.54) is 12.8 Å². The number of carbonyl (C=O) groups excluding carboxylic acids is 1. The van der Waals surface area contributed by atoms with E-state index in [-0.39, 0.29) is 6.03 Å². The van der Waals surface area contributed by atoms with Crippen LogP contribution in [0.2, 0.25) is 0 Å². The van der Waals surface area contributed by atoms with Crippen LogP contribution in [0.25, 0.3) is 0 Å². The quantitative estimate of drug-likeness (QED) is 0.856. The van der Waals surface area contributed by atoms with Gasteiger partial charge in [-0.1, -0.05) is 13.8 Å². The number of nitrogens with zero attached hydrogens (tertiary/aromatic N) is 1. The third kappa shape index (κ3) is 5.09. The molecule has 3 fully saturated rings. The highest BCUT2D eigenvalue weighted by Crippen LogP contribution is 2.35. The van der Waals surface area contributed by atoms with E-state index < -0.39 is 0 Å². The summed E-state index contributed by atoms with van der Waals surface area (Å²) < 4.78 is 11.4. The number of amides is 2. The third-order valence-electron chi connectivity index (χ3n) is 5.99. The summed E-state index contributed by atoms with van der Waals surface area (Å²) in [5.74, 6) is 0.571. The molecule has 0 spiro atoms. The summed E-state index contributed by atoms with van der Waals surface area (Å²) in [6.45, 7) is 8.83. The Labute approximate surface area is 146 Å². The zero-order valence-electron chi connectivity index (χ0n) is 15.4. The molecule has 0 aromatic heterocycles. The van der Waals surface area contributed by atoms with Crippen LogP contribution in [0.1, 0.15) is 58.8 Å². The molecular formula is C19H34N2O3. The minimum atomic E-state index is 0.127. The van der Waals surface area contributed by atoms with Gasteiger partial charge in [-0.3, -0.25) is 0 Å². The highest BCUT2D eigenvalue weighted by Gasteiger charge is 2.30. The monoisotopic (exact) mass is 338 g/mol. The summed E-state index contributed by atoms with van der Waals surface area (Å²) in [6, 6.07) is 0.490. The zero-order chi connectivity index (χ0) is 17.0. The van der Waals surface area contributed by atoms with Crippen molar-refractivity contribution in [3.63, 3.8) is 0 Å². The van der Waals surface area contributed by atoms with E-state index in [1.54, 1.807) is 0 Å². The van der Waals surface area contributed by atoms with E-state index in [4.69, 9.17) is 9.47 Å². The largest absolute Gasteiger partial charge is 0.381 e. The van der Waals surface area contributed by atoms with Crippen LogP contribution >= 0.6 is 0 Å². The second-order valence-corrected chi connectivity index (χ2v) is 8.64. The molecule has 3 rings (SSSR count). The average molecular weight is 338 g/mol. The number of urea groups is 1. The number of piperidine rings is 1. The van der Waals surface area contributed by atoms with E-state index >= 15 is 0 Å². The van der Waals surface area contributed by atoms with Crippen LogP contribution < -0.4 is 5.32 Å². The fourth-order valence-corrected chi connectivity index (χ4v) is 4.02. The molecule has 1 atom stereocenters. The first-order valence-corrected chi connectivity index (χ1v) is 9.77. The summed E-state index contributed by atoms with van der Waals surface area (Å²) in [5.41, 5.74) is 0.446. The first kappa shape index (κ1) is 18.0. The molecule has 3 aliphatic rings. The molecule has 2 amide bonds. The molecule has 24 heavy (non-hydrogen) atoms. The molecule has 2 heterocycles. The lowest BCUT2D eigenvalue weighted by Crippen LogP contribution is -2.50. The van der Waals surface area contributed by atoms with Crippen molar-refractivity contribution < 1.29 is 14.3 Å². The Kier molecular flexibility index (Phi) is 6.03. The maximum absolute atomic E-state index is 12.5. The number of hydrogen-bond acceptors (Lipinski definition) is 3. The van der Waals surface area contributed by atoms with Gasteiger partial charge in [0.1, 0.15) is 0 Å². The average Bonchev–Trinajstić information content (AvgIpc) is 3.09. The molecule has 5 heteroatoms. The first-order chi connectivity index (χ1) is 11.5. The highest BCUT2D eigenvalue weighted by atomic mass is 16.5. The van der Waals surface area contributed by atoms with Gasteiger partial charge in [-0.15, -0.1) is 0 Å². The Bertz CT molecular complexity index is 403. The van der Waals surface area contributed by atoms with E-state index in [2.05, 4.69) is 19.2 Å². The van der Waals surface area contributed by atoms with Gasteiger partial charge in [0.25, 0.3) is 0 Å². The number of hydrogen-bond donors (Lipinski definition) is 1. The number of rotatable bonds is 4. The number of ether oxygens (including phenoxy) is 2. The molecule has 1 N–H and O–H groups in total. The Morgan fingerprint density at radius 1 is 1.17 bits per heavy atom.